The second kappa shape index (κ2) is 6.29. The SMILES string of the molecule is COc1ccc2c(c1)CC[C@@H]1[C@@H]2CC[C@]2(C)[C@H](OC(C)=O)[C@H](Br)C[C@@H]12. The zero-order valence-electron chi connectivity index (χ0n) is 15.3. The third-order valence-electron chi connectivity index (χ3n) is 7.12. The number of halogens is 1. The Bertz CT molecular complexity index is 688. The van der Waals surface area contributed by atoms with Crippen molar-refractivity contribution in [2.45, 2.75) is 62.8 Å². The molecule has 0 amide bonds. The van der Waals surface area contributed by atoms with Crippen LogP contribution in [0, 0.1) is 17.3 Å². The van der Waals surface area contributed by atoms with E-state index < -0.39 is 0 Å². The number of esters is 1. The van der Waals surface area contributed by atoms with Crippen molar-refractivity contribution in [3.8, 4) is 5.75 Å². The quantitative estimate of drug-likeness (QED) is 0.519. The molecule has 25 heavy (non-hydrogen) atoms. The standard InChI is InChI=1S/C21H27BrO3/c1-12(23)25-20-19(22)11-18-17-6-4-13-10-14(24-3)5-7-15(13)16(17)8-9-21(18,20)2/h5,7,10,16-20H,4,6,8-9,11H2,1-3H3/t16-,17-,18+,19-,20-,21+/m1/s1. The fraction of sp³-hybridized carbons (Fsp3) is 0.667. The van der Waals surface area contributed by atoms with Gasteiger partial charge in [0.15, 0.2) is 0 Å². The Morgan fingerprint density at radius 3 is 2.84 bits per heavy atom. The maximum Gasteiger partial charge on any atom is 0.302 e. The molecular formula is C21H27BrO3. The number of alkyl halides is 1. The van der Waals surface area contributed by atoms with Crippen molar-refractivity contribution in [1.29, 1.82) is 0 Å². The molecule has 1 aromatic rings. The summed E-state index contributed by atoms with van der Waals surface area (Å²) in [5.41, 5.74) is 3.10. The van der Waals surface area contributed by atoms with Crippen molar-refractivity contribution >= 4 is 21.9 Å². The highest BCUT2D eigenvalue weighted by molar-refractivity contribution is 9.09. The van der Waals surface area contributed by atoms with Crippen molar-refractivity contribution in [2.24, 2.45) is 17.3 Å². The molecule has 3 aliphatic carbocycles. The molecule has 0 unspecified atom stereocenters. The maximum absolute atomic E-state index is 11.6. The normalized spacial score (nSPS) is 39.1. The number of benzene rings is 1. The van der Waals surface area contributed by atoms with Crippen molar-refractivity contribution in [2.75, 3.05) is 7.11 Å². The smallest absolute Gasteiger partial charge is 0.302 e. The molecule has 3 nitrogen and oxygen atoms in total. The van der Waals surface area contributed by atoms with Crippen molar-refractivity contribution < 1.29 is 14.3 Å². The predicted octanol–water partition coefficient (Wildman–Crippen LogP) is 4.86. The van der Waals surface area contributed by atoms with Crippen LogP contribution in [0.3, 0.4) is 0 Å². The average molecular weight is 407 g/mol. The lowest BCUT2D eigenvalue weighted by Crippen LogP contribution is -2.45. The van der Waals surface area contributed by atoms with Gasteiger partial charge in [0.2, 0.25) is 0 Å². The topological polar surface area (TPSA) is 35.5 Å². The number of carbonyl (C=O) groups is 1. The van der Waals surface area contributed by atoms with Crippen LogP contribution in [0.2, 0.25) is 0 Å². The fourth-order valence-corrected chi connectivity index (χ4v) is 7.11. The second-order valence-corrected chi connectivity index (χ2v) is 9.48. The number of rotatable bonds is 2. The van der Waals surface area contributed by atoms with E-state index in [9.17, 15) is 4.79 Å². The van der Waals surface area contributed by atoms with Crippen LogP contribution in [-0.4, -0.2) is 24.0 Å². The second-order valence-electron chi connectivity index (χ2n) is 8.31. The van der Waals surface area contributed by atoms with E-state index in [1.807, 2.05) is 0 Å². The van der Waals surface area contributed by atoms with Gasteiger partial charge in [0.25, 0.3) is 0 Å². The molecule has 4 rings (SSSR count). The molecule has 0 aromatic heterocycles. The van der Waals surface area contributed by atoms with E-state index in [1.165, 1.54) is 30.9 Å². The van der Waals surface area contributed by atoms with E-state index in [0.29, 0.717) is 17.8 Å². The lowest BCUT2D eigenvalue weighted by Gasteiger charge is -2.50. The minimum Gasteiger partial charge on any atom is -0.497 e. The summed E-state index contributed by atoms with van der Waals surface area (Å²) >= 11 is 3.83. The van der Waals surface area contributed by atoms with Gasteiger partial charge in [0, 0.05) is 12.3 Å². The minimum absolute atomic E-state index is 0.00761. The molecule has 136 valence electrons. The number of fused-ring (bicyclic) bond motifs is 5. The molecule has 0 heterocycles. The number of methoxy groups -OCH3 is 1. The monoisotopic (exact) mass is 406 g/mol. The highest BCUT2D eigenvalue weighted by Crippen LogP contribution is 2.62. The summed E-state index contributed by atoms with van der Waals surface area (Å²) in [5, 5.41) is 0. The summed E-state index contributed by atoms with van der Waals surface area (Å²) in [5.74, 6) is 2.77. The van der Waals surface area contributed by atoms with E-state index in [-0.39, 0.29) is 22.3 Å². The van der Waals surface area contributed by atoms with E-state index in [0.717, 1.165) is 25.0 Å². The van der Waals surface area contributed by atoms with E-state index in [2.05, 4.69) is 41.1 Å². The van der Waals surface area contributed by atoms with Gasteiger partial charge in [-0.2, -0.15) is 0 Å². The Balaban J connectivity index is 1.64. The third-order valence-corrected chi connectivity index (χ3v) is 7.98. The van der Waals surface area contributed by atoms with Gasteiger partial charge in [-0.15, -0.1) is 0 Å². The summed E-state index contributed by atoms with van der Waals surface area (Å²) < 4.78 is 11.2. The van der Waals surface area contributed by atoms with Crippen LogP contribution < -0.4 is 4.74 Å². The largest absolute Gasteiger partial charge is 0.497 e. The predicted molar refractivity (Wildman–Crippen MR) is 101 cm³/mol. The van der Waals surface area contributed by atoms with E-state index >= 15 is 0 Å². The summed E-state index contributed by atoms with van der Waals surface area (Å²) in [4.78, 5) is 11.9. The summed E-state index contributed by atoms with van der Waals surface area (Å²) in [6.07, 6.45) is 5.80. The Morgan fingerprint density at radius 1 is 1.32 bits per heavy atom. The molecule has 2 fully saturated rings. The van der Waals surface area contributed by atoms with Crippen LogP contribution in [0.25, 0.3) is 0 Å². The summed E-state index contributed by atoms with van der Waals surface area (Å²) in [6, 6.07) is 6.62. The van der Waals surface area contributed by atoms with E-state index in [1.54, 1.807) is 7.11 Å². The zero-order valence-corrected chi connectivity index (χ0v) is 16.8. The molecule has 0 radical (unpaired) electrons. The molecule has 0 N–H and O–H groups in total. The Morgan fingerprint density at radius 2 is 2.12 bits per heavy atom. The first-order valence-electron chi connectivity index (χ1n) is 9.42. The summed E-state index contributed by atoms with van der Waals surface area (Å²) in [7, 11) is 1.74. The zero-order chi connectivity index (χ0) is 17.8. The lowest BCUT2D eigenvalue weighted by atomic mass is 9.55. The molecule has 2 saturated carbocycles. The first-order chi connectivity index (χ1) is 11.9. The third kappa shape index (κ3) is 2.72. The van der Waals surface area contributed by atoms with Crippen LogP contribution in [0.15, 0.2) is 18.2 Å². The summed E-state index contributed by atoms with van der Waals surface area (Å²) in [6.45, 7) is 3.89. The Hall–Kier alpha value is -1.03. The van der Waals surface area contributed by atoms with Gasteiger partial charge in [-0.1, -0.05) is 28.9 Å². The highest BCUT2D eigenvalue weighted by Gasteiger charge is 2.59. The van der Waals surface area contributed by atoms with Gasteiger partial charge >= 0.3 is 5.97 Å². The van der Waals surface area contributed by atoms with E-state index in [4.69, 9.17) is 9.47 Å². The van der Waals surface area contributed by atoms with Gasteiger partial charge in [-0.05, 0) is 73.1 Å². The van der Waals surface area contributed by atoms with Gasteiger partial charge in [0.1, 0.15) is 11.9 Å². The van der Waals surface area contributed by atoms with Crippen molar-refractivity contribution in [3.05, 3.63) is 29.3 Å². The lowest BCUT2D eigenvalue weighted by molar-refractivity contribution is -0.154. The van der Waals surface area contributed by atoms with Gasteiger partial charge in [0.05, 0.1) is 11.9 Å². The first kappa shape index (κ1) is 17.4. The molecule has 3 aliphatic rings. The molecule has 0 bridgehead atoms. The molecule has 0 spiro atoms. The van der Waals surface area contributed by atoms with Crippen molar-refractivity contribution in [1.82, 2.24) is 0 Å². The average Bonchev–Trinajstić information content (AvgIpc) is 2.85. The van der Waals surface area contributed by atoms with Crippen LogP contribution in [-0.2, 0) is 16.0 Å². The molecule has 0 aliphatic heterocycles. The highest BCUT2D eigenvalue weighted by atomic mass is 79.9. The molecule has 4 heteroatoms. The minimum atomic E-state index is -0.153. The number of ether oxygens (including phenoxy) is 2. The number of hydrogen-bond acceptors (Lipinski definition) is 3. The molecule has 6 atom stereocenters. The maximum atomic E-state index is 11.6. The first-order valence-corrected chi connectivity index (χ1v) is 10.3. The molecule has 1 aromatic carbocycles. The fourth-order valence-electron chi connectivity index (χ4n) is 6.00. The van der Waals surface area contributed by atoms with Crippen LogP contribution in [0.1, 0.15) is 56.6 Å². The number of hydrogen-bond donors (Lipinski definition) is 0. The molecular weight excluding hydrogens is 380 g/mol. The van der Waals surface area contributed by atoms with Gasteiger partial charge in [-0.3, -0.25) is 4.79 Å². The Labute approximate surface area is 158 Å². The molecule has 0 saturated heterocycles. The van der Waals surface area contributed by atoms with Crippen LogP contribution in [0.4, 0.5) is 0 Å². The van der Waals surface area contributed by atoms with Crippen molar-refractivity contribution in [3.63, 3.8) is 0 Å². The van der Waals surface area contributed by atoms with Gasteiger partial charge < -0.3 is 9.47 Å². The number of aryl methyl sites for hydroxylation is 1. The van der Waals surface area contributed by atoms with Gasteiger partial charge in [-0.25, -0.2) is 0 Å². The van der Waals surface area contributed by atoms with Crippen LogP contribution in [0.5, 0.6) is 5.75 Å². The number of carbonyl (C=O) groups excluding carboxylic acids is 1. The Kier molecular flexibility index (Phi) is 4.38. The van der Waals surface area contributed by atoms with Crippen LogP contribution >= 0.6 is 15.9 Å².